The Labute approximate surface area is 207 Å². The third kappa shape index (κ3) is 6.36. The van der Waals surface area contributed by atoms with Crippen LogP contribution in [0, 0.1) is 11.7 Å². The van der Waals surface area contributed by atoms with E-state index in [4.69, 9.17) is 0 Å². The normalized spacial score (nSPS) is 18.7. The van der Waals surface area contributed by atoms with Gasteiger partial charge in [-0.1, -0.05) is 39.3 Å². The summed E-state index contributed by atoms with van der Waals surface area (Å²) < 4.78 is 14.5. The highest BCUT2D eigenvalue weighted by atomic mass is 19.1. The van der Waals surface area contributed by atoms with E-state index >= 15 is 0 Å². The van der Waals surface area contributed by atoms with Gasteiger partial charge in [-0.3, -0.25) is 9.69 Å². The number of benzene rings is 1. The zero-order valence-electron chi connectivity index (χ0n) is 20.9. The smallest absolute Gasteiger partial charge is 0.246 e. The van der Waals surface area contributed by atoms with Gasteiger partial charge in [0.2, 0.25) is 11.9 Å². The Morgan fingerprint density at radius 3 is 2.91 bits per heavy atom. The molecule has 3 heterocycles. The van der Waals surface area contributed by atoms with Crippen molar-refractivity contribution in [2.75, 3.05) is 30.3 Å². The van der Waals surface area contributed by atoms with Crippen molar-refractivity contribution in [1.82, 2.24) is 19.8 Å². The van der Waals surface area contributed by atoms with Crippen LogP contribution in [0.15, 0.2) is 37.1 Å². The molecule has 35 heavy (non-hydrogen) atoms. The summed E-state index contributed by atoms with van der Waals surface area (Å²) in [6, 6.07) is 6.27. The van der Waals surface area contributed by atoms with E-state index in [0.717, 1.165) is 44.1 Å². The van der Waals surface area contributed by atoms with Crippen LogP contribution in [0.1, 0.15) is 57.1 Å². The second-order valence-corrected chi connectivity index (χ2v) is 9.70. The number of carbonyl (C=O) groups excluding carboxylic acids is 1. The minimum atomic E-state index is -0.509. The Balaban J connectivity index is 1.39. The summed E-state index contributed by atoms with van der Waals surface area (Å²) in [6.45, 7) is 12.3. The van der Waals surface area contributed by atoms with Gasteiger partial charge in [0.15, 0.2) is 11.6 Å². The number of hydrogen-bond acceptors (Lipinski definition) is 6. The van der Waals surface area contributed by atoms with Crippen LogP contribution >= 0.6 is 0 Å². The van der Waals surface area contributed by atoms with Crippen molar-refractivity contribution in [2.45, 2.75) is 65.1 Å². The third-order valence-corrected chi connectivity index (χ3v) is 7.03. The van der Waals surface area contributed by atoms with Crippen molar-refractivity contribution in [3.05, 3.63) is 54.0 Å². The van der Waals surface area contributed by atoms with Crippen LogP contribution in [0.5, 0.6) is 0 Å². The lowest BCUT2D eigenvalue weighted by molar-refractivity contribution is -0.127. The van der Waals surface area contributed by atoms with Gasteiger partial charge in [-0.05, 0) is 54.5 Å². The maximum atomic E-state index is 14.5. The van der Waals surface area contributed by atoms with Crippen molar-refractivity contribution >= 4 is 23.4 Å². The molecule has 1 unspecified atom stereocenters. The van der Waals surface area contributed by atoms with Gasteiger partial charge in [0.1, 0.15) is 0 Å². The molecule has 1 aromatic carbocycles. The second kappa shape index (κ2) is 11.6. The first kappa shape index (κ1) is 25.1. The SMILES string of the molecule is C=CC(=O)N1CCC[C@@H](Nc2nc(Nc3ccc4c(c3)CN(CC(CC)CCC)C4)ncc2F)C1. The molecule has 2 aromatic rings. The minimum Gasteiger partial charge on any atom is -0.363 e. The molecule has 188 valence electrons. The molecule has 0 saturated carbocycles. The molecule has 2 atom stereocenters. The molecule has 2 N–H and O–H groups in total. The minimum absolute atomic E-state index is 0.0736. The summed E-state index contributed by atoms with van der Waals surface area (Å²) in [7, 11) is 0. The monoisotopic (exact) mass is 480 g/mol. The number of aromatic nitrogens is 2. The van der Waals surface area contributed by atoms with Gasteiger partial charge in [-0.2, -0.15) is 4.98 Å². The largest absolute Gasteiger partial charge is 0.363 e. The van der Waals surface area contributed by atoms with Gasteiger partial charge in [0.25, 0.3) is 0 Å². The van der Waals surface area contributed by atoms with E-state index in [0.29, 0.717) is 19.0 Å². The van der Waals surface area contributed by atoms with Crippen molar-refractivity contribution in [1.29, 1.82) is 0 Å². The van der Waals surface area contributed by atoms with Crippen LogP contribution in [0.25, 0.3) is 0 Å². The molecule has 1 aromatic heterocycles. The average Bonchev–Trinajstić information content (AvgIpc) is 3.27. The average molecular weight is 481 g/mol. The van der Waals surface area contributed by atoms with Gasteiger partial charge in [0, 0.05) is 44.5 Å². The summed E-state index contributed by atoms with van der Waals surface area (Å²) in [5.74, 6) is 0.621. The molecule has 1 fully saturated rings. The van der Waals surface area contributed by atoms with Crippen LogP contribution in [0.3, 0.4) is 0 Å². The lowest BCUT2D eigenvalue weighted by atomic mass is 10.0. The van der Waals surface area contributed by atoms with Crippen LogP contribution in [-0.4, -0.2) is 51.4 Å². The third-order valence-electron chi connectivity index (χ3n) is 7.03. The molecule has 8 heteroatoms. The first-order valence-electron chi connectivity index (χ1n) is 12.8. The van der Waals surface area contributed by atoms with Crippen LogP contribution in [0.2, 0.25) is 0 Å². The van der Waals surface area contributed by atoms with E-state index in [2.05, 4.69) is 58.1 Å². The molecular formula is C27H37FN6O. The van der Waals surface area contributed by atoms with Gasteiger partial charge < -0.3 is 15.5 Å². The molecule has 0 bridgehead atoms. The number of amides is 1. The fraction of sp³-hybridized carbons (Fsp3) is 0.519. The topological polar surface area (TPSA) is 73.4 Å². The quantitative estimate of drug-likeness (QED) is 0.462. The Kier molecular flexibility index (Phi) is 8.33. The van der Waals surface area contributed by atoms with Crippen molar-refractivity contribution < 1.29 is 9.18 Å². The number of hydrogen-bond donors (Lipinski definition) is 2. The molecule has 2 aliphatic heterocycles. The highest BCUT2D eigenvalue weighted by molar-refractivity contribution is 5.87. The number of nitrogens with one attached hydrogen (secondary N) is 2. The number of nitrogens with zero attached hydrogens (tertiary/aromatic N) is 4. The van der Waals surface area contributed by atoms with Crippen LogP contribution < -0.4 is 10.6 Å². The molecule has 0 aliphatic carbocycles. The summed E-state index contributed by atoms with van der Waals surface area (Å²) >= 11 is 0. The molecule has 7 nitrogen and oxygen atoms in total. The predicted octanol–water partition coefficient (Wildman–Crippen LogP) is 5.09. The van der Waals surface area contributed by atoms with Crippen LogP contribution in [0.4, 0.5) is 21.8 Å². The Morgan fingerprint density at radius 1 is 1.31 bits per heavy atom. The molecular weight excluding hydrogens is 443 g/mol. The van der Waals surface area contributed by atoms with E-state index in [9.17, 15) is 9.18 Å². The van der Waals surface area contributed by atoms with E-state index in [1.54, 1.807) is 4.90 Å². The molecule has 1 saturated heterocycles. The first-order chi connectivity index (χ1) is 17.0. The lowest BCUT2D eigenvalue weighted by Crippen LogP contribution is -2.44. The van der Waals surface area contributed by atoms with Crippen LogP contribution in [-0.2, 0) is 17.9 Å². The maximum Gasteiger partial charge on any atom is 0.246 e. The number of halogens is 1. The summed E-state index contributed by atoms with van der Waals surface area (Å²) in [5.41, 5.74) is 3.57. The summed E-state index contributed by atoms with van der Waals surface area (Å²) in [4.78, 5) is 24.7. The Hall–Kier alpha value is -3.00. The van der Waals surface area contributed by atoms with E-state index < -0.39 is 5.82 Å². The maximum absolute atomic E-state index is 14.5. The Bertz CT molecular complexity index is 1040. The molecule has 0 radical (unpaired) electrons. The standard InChI is InChI=1S/C27H37FN6O/c1-4-8-19(5-2)15-33-16-20-10-11-22(13-21(20)17-33)31-27-29-14-24(28)26(32-27)30-23-9-7-12-34(18-23)25(35)6-3/h6,10-11,13-14,19,23H,3-5,7-9,12,15-18H2,1-2H3,(H2,29,30,31,32)/t19?,23-/m1/s1. The second-order valence-electron chi connectivity index (χ2n) is 9.70. The zero-order chi connectivity index (χ0) is 24.8. The fourth-order valence-corrected chi connectivity index (χ4v) is 5.15. The first-order valence-corrected chi connectivity index (χ1v) is 12.8. The summed E-state index contributed by atoms with van der Waals surface area (Å²) in [6.07, 6.45) is 7.91. The number of anilines is 3. The number of rotatable bonds is 10. The van der Waals surface area contributed by atoms with Gasteiger partial charge in [-0.25, -0.2) is 9.37 Å². The van der Waals surface area contributed by atoms with E-state index in [1.807, 2.05) is 6.07 Å². The zero-order valence-corrected chi connectivity index (χ0v) is 20.9. The molecule has 0 spiro atoms. The highest BCUT2D eigenvalue weighted by Gasteiger charge is 2.24. The fourth-order valence-electron chi connectivity index (χ4n) is 5.15. The highest BCUT2D eigenvalue weighted by Crippen LogP contribution is 2.29. The predicted molar refractivity (Wildman–Crippen MR) is 138 cm³/mol. The van der Waals surface area contributed by atoms with Crippen molar-refractivity contribution in [3.8, 4) is 0 Å². The lowest BCUT2D eigenvalue weighted by Gasteiger charge is -2.32. The Morgan fingerprint density at radius 2 is 2.14 bits per heavy atom. The number of fused-ring (bicyclic) bond motifs is 1. The van der Waals surface area contributed by atoms with Gasteiger partial charge in [0.05, 0.1) is 6.20 Å². The van der Waals surface area contributed by atoms with Gasteiger partial charge in [-0.15, -0.1) is 0 Å². The van der Waals surface area contributed by atoms with Gasteiger partial charge >= 0.3 is 0 Å². The number of piperidine rings is 1. The van der Waals surface area contributed by atoms with Crippen molar-refractivity contribution in [3.63, 3.8) is 0 Å². The van der Waals surface area contributed by atoms with Crippen molar-refractivity contribution in [2.24, 2.45) is 5.92 Å². The molecule has 1 amide bonds. The molecule has 2 aliphatic rings. The number of likely N-dealkylation sites (tertiary alicyclic amines) is 1. The molecule has 4 rings (SSSR count). The van der Waals surface area contributed by atoms with E-state index in [1.165, 1.54) is 42.7 Å². The number of carbonyl (C=O) groups is 1. The summed E-state index contributed by atoms with van der Waals surface area (Å²) in [5, 5.41) is 6.40. The van der Waals surface area contributed by atoms with E-state index in [-0.39, 0.29) is 17.8 Å².